The SMILES string of the molecule is CCCC(CN1CCCC(C(C)C)CC1)NC. The first kappa shape index (κ1) is 15.0. The highest BCUT2D eigenvalue weighted by Crippen LogP contribution is 2.24. The molecule has 1 heterocycles. The van der Waals surface area contributed by atoms with E-state index in [0.29, 0.717) is 6.04 Å². The number of nitrogens with zero attached hydrogens (tertiary/aromatic N) is 1. The van der Waals surface area contributed by atoms with E-state index in [-0.39, 0.29) is 0 Å². The zero-order valence-corrected chi connectivity index (χ0v) is 12.3. The summed E-state index contributed by atoms with van der Waals surface area (Å²) in [6.45, 7) is 10.9. The van der Waals surface area contributed by atoms with E-state index in [9.17, 15) is 0 Å². The summed E-state index contributed by atoms with van der Waals surface area (Å²) in [5, 5.41) is 3.46. The van der Waals surface area contributed by atoms with Crippen molar-refractivity contribution in [1.29, 1.82) is 0 Å². The molecule has 1 aliphatic rings. The Bertz CT molecular complexity index is 191. The van der Waals surface area contributed by atoms with Gasteiger partial charge in [0.15, 0.2) is 0 Å². The lowest BCUT2D eigenvalue weighted by molar-refractivity contribution is 0.241. The Morgan fingerprint density at radius 1 is 1.24 bits per heavy atom. The van der Waals surface area contributed by atoms with Gasteiger partial charge in [0.25, 0.3) is 0 Å². The summed E-state index contributed by atoms with van der Waals surface area (Å²) >= 11 is 0. The molecule has 1 N–H and O–H groups in total. The molecule has 0 spiro atoms. The number of nitrogens with one attached hydrogen (secondary N) is 1. The molecule has 1 rings (SSSR count). The minimum Gasteiger partial charge on any atom is -0.316 e. The molecule has 0 aliphatic carbocycles. The molecular formula is C15H32N2. The third kappa shape index (κ3) is 5.39. The van der Waals surface area contributed by atoms with E-state index in [1.54, 1.807) is 0 Å². The van der Waals surface area contributed by atoms with Gasteiger partial charge in [-0.15, -0.1) is 0 Å². The molecule has 0 saturated carbocycles. The van der Waals surface area contributed by atoms with Crippen molar-refractivity contribution in [3.8, 4) is 0 Å². The van der Waals surface area contributed by atoms with Crippen LogP contribution in [0.1, 0.15) is 52.9 Å². The van der Waals surface area contributed by atoms with Gasteiger partial charge in [-0.05, 0) is 57.7 Å². The van der Waals surface area contributed by atoms with Gasteiger partial charge >= 0.3 is 0 Å². The first-order chi connectivity index (χ1) is 8.17. The van der Waals surface area contributed by atoms with Crippen molar-refractivity contribution in [2.45, 2.75) is 58.9 Å². The summed E-state index contributed by atoms with van der Waals surface area (Å²) in [4.78, 5) is 2.68. The second-order valence-corrected chi connectivity index (χ2v) is 6.01. The molecule has 17 heavy (non-hydrogen) atoms. The average molecular weight is 240 g/mol. The standard InChI is InChI=1S/C15H32N2/c1-5-7-15(16-4)12-17-10-6-8-14(9-11-17)13(2)3/h13-16H,5-12H2,1-4H3. The summed E-state index contributed by atoms with van der Waals surface area (Å²) in [5.74, 6) is 1.82. The molecule has 2 nitrogen and oxygen atoms in total. The average Bonchev–Trinajstić information content (AvgIpc) is 2.54. The van der Waals surface area contributed by atoms with Crippen LogP contribution in [0.25, 0.3) is 0 Å². The molecule has 1 fully saturated rings. The highest BCUT2D eigenvalue weighted by atomic mass is 15.1. The Hall–Kier alpha value is -0.0800. The fraction of sp³-hybridized carbons (Fsp3) is 1.00. The fourth-order valence-corrected chi connectivity index (χ4v) is 3.02. The number of rotatable bonds is 6. The van der Waals surface area contributed by atoms with E-state index >= 15 is 0 Å². The topological polar surface area (TPSA) is 15.3 Å². The Morgan fingerprint density at radius 3 is 2.59 bits per heavy atom. The van der Waals surface area contributed by atoms with Gasteiger partial charge in [0, 0.05) is 12.6 Å². The smallest absolute Gasteiger partial charge is 0.0191 e. The van der Waals surface area contributed by atoms with E-state index in [4.69, 9.17) is 0 Å². The van der Waals surface area contributed by atoms with Crippen molar-refractivity contribution in [1.82, 2.24) is 10.2 Å². The lowest BCUT2D eigenvalue weighted by Crippen LogP contribution is -2.40. The summed E-state index contributed by atoms with van der Waals surface area (Å²) in [6.07, 6.45) is 6.83. The van der Waals surface area contributed by atoms with E-state index < -0.39 is 0 Å². The predicted octanol–water partition coefficient (Wildman–Crippen LogP) is 3.13. The maximum absolute atomic E-state index is 3.46. The number of hydrogen-bond donors (Lipinski definition) is 1. The molecule has 2 atom stereocenters. The zero-order valence-electron chi connectivity index (χ0n) is 12.3. The van der Waals surface area contributed by atoms with Crippen molar-refractivity contribution in [3.05, 3.63) is 0 Å². The molecule has 2 heteroatoms. The molecule has 0 amide bonds. The minimum absolute atomic E-state index is 0.690. The number of hydrogen-bond acceptors (Lipinski definition) is 2. The monoisotopic (exact) mass is 240 g/mol. The third-order valence-corrected chi connectivity index (χ3v) is 4.33. The highest BCUT2D eigenvalue weighted by molar-refractivity contribution is 4.76. The molecule has 2 unspecified atom stereocenters. The maximum Gasteiger partial charge on any atom is 0.0191 e. The molecule has 1 aliphatic heterocycles. The zero-order chi connectivity index (χ0) is 12.7. The second kappa shape index (κ2) is 8.10. The van der Waals surface area contributed by atoms with E-state index in [1.165, 1.54) is 51.7 Å². The summed E-state index contributed by atoms with van der Waals surface area (Å²) in [7, 11) is 2.11. The second-order valence-electron chi connectivity index (χ2n) is 6.01. The van der Waals surface area contributed by atoms with E-state index in [1.807, 2.05) is 0 Å². The van der Waals surface area contributed by atoms with Crippen LogP contribution >= 0.6 is 0 Å². The normalized spacial score (nSPS) is 24.9. The van der Waals surface area contributed by atoms with Crippen LogP contribution in [0.4, 0.5) is 0 Å². The Morgan fingerprint density at radius 2 is 2.00 bits per heavy atom. The van der Waals surface area contributed by atoms with E-state index in [2.05, 4.69) is 38.0 Å². The van der Waals surface area contributed by atoms with Crippen molar-refractivity contribution in [2.24, 2.45) is 11.8 Å². The van der Waals surface area contributed by atoms with Crippen LogP contribution in [0.15, 0.2) is 0 Å². The van der Waals surface area contributed by atoms with Crippen molar-refractivity contribution < 1.29 is 0 Å². The van der Waals surface area contributed by atoms with Crippen LogP contribution in [0.5, 0.6) is 0 Å². The van der Waals surface area contributed by atoms with Gasteiger partial charge in [-0.3, -0.25) is 0 Å². The minimum atomic E-state index is 0.690. The predicted molar refractivity (Wildman–Crippen MR) is 76.4 cm³/mol. The van der Waals surface area contributed by atoms with Gasteiger partial charge < -0.3 is 10.2 Å². The summed E-state index contributed by atoms with van der Waals surface area (Å²) in [6, 6.07) is 0.690. The van der Waals surface area contributed by atoms with Crippen molar-refractivity contribution in [3.63, 3.8) is 0 Å². The van der Waals surface area contributed by atoms with Crippen LogP contribution in [0, 0.1) is 11.8 Å². The number of likely N-dealkylation sites (N-methyl/N-ethyl adjacent to an activating group) is 1. The Labute approximate surface area is 108 Å². The first-order valence-corrected chi connectivity index (χ1v) is 7.57. The Kier molecular flexibility index (Phi) is 7.14. The maximum atomic E-state index is 3.46. The molecule has 0 aromatic rings. The highest BCUT2D eigenvalue weighted by Gasteiger charge is 2.20. The van der Waals surface area contributed by atoms with Gasteiger partial charge in [0.05, 0.1) is 0 Å². The largest absolute Gasteiger partial charge is 0.316 e. The molecule has 0 bridgehead atoms. The summed E-state index contributed by atoms with van der Waals surface area (Å²) < 4.78 is 0. The molecule has 0 aromatic heterocycles. The van der Waals surface area contributed by atoms with Crippen molar-refractivity contribution in [2.75, 3.05) is 26.7 Å². The Balaban J connectivity index is 2.35. The third-order valence-electron chi connectivity index (χ3n) is 4.33. The van der Waals surface area contributed by atoms with Gasteiger partial charge in [-0.1, -0.05) is 27.2 Å². The molecular weight excluding hydrogens is 208 g/mol. The van der Waals surface area contributed by atoms with Crippen LogP contribution in [0.2, 0.25) is 0 Å². The first-order valence-electron chi connectivity index (χ1n) is 7.57. The van der Waals surface area contributed by atoms with Crippen LogP contribution in [-0.2, 0) is 0 Å². The van der Waals surface area contributed by atoms with E-state index in [0.717, 1.165) is 11.8 Å². The number of likely N-dealkylation sites (tertiary alicyclic amines) is 1. The van der Waals surface area contributed by atoms with Gasteiger partial charge in [-0.25, -0.2) is 0 Å². The fourth-order valence-electron chi connectivity index (χ4n) is 3.02. The lowest BCUT2D eigenvalue weighted by Gasteiger charge is -2.26. The van der Waals surface area contributed by atoms with Gasteiger partial charge in [0.2, 0.25) is 0 Å². The molecule has 0 radical (unpaired) electrons. The van der Waals surface area contributed by atoms with Gasteiger partial charge in [-0.2, -0.15) is 0 Å². The molecule has 1 saturated heterocycles. The van der Waals surface area contributed by atoms with Crippen LogP contribution < -0.4 is 5.32 Å². The summed E-state index contributed by atoms with van der Waals surface area (Å²) in [5.41, 5.74) is 0. The van der Waals surface area contributed by atoms with Gasteiger partial charge in [0.1, 0.15) is 0 Å². The molecule has 0 aromatic carbocycles. The van der Waals surface area contributed by atoms with Crippen LogP contribution in [-0.4, -0.2) is 37.6 Å². The molecule has 102 valence electrons. The quantitative estimate of drug-likeness (QED) is 0.767. The van der Waals surface area contributed by atoms with Crippen LogP contribution in [0.3, 0.4) is 0 Å². The lowest BCUT2D eigenvalue weighted by atomic mass is 9.89. The van der Waals surface area contributed by atoms with Crippen molar-refractivity contribution >= 4 is 0 Å².